The third-order valence-corrected chi connectivity index (χ3v) is 5.86. The Morgan fingerprint density at radius 1 is 1.18 bits per heavy atom. The molecule has 0 saturated heterocycles. The van der Waals surface area contributed by atoms with Crippen LogP contribution in [0.25, 0.3) is 17.0 Å². The van der Waals surface area contributed by atoms with Gasteiger partial charge in [-0.15, -0.1) is 0 Å². The molecule has 2 aliphatic heterocycles. The Morgan fingerprint density at radius 2 is 1.97 bits per heavy atom. The molecule has 0 spiro atoms. The van der Waals surface area contributed by atoms with Crippen molar-refractivity contribution in [2.24, 2.45) is 0 Å². The third kappa shape index (κ3) is 4.01. The quantitative estimate of drug-likeness (QED) is 0.577. The zero-order valence-electron chi connectivity index (χ0n) is 18.0. The van der Waals surface area contributed by atoms with E-state index in [-0.39, 0.29) is 12.8 Å². The van der Waals surface area contributed by atoms with Crippen LogP contribution in [0.3, 0.4) is 0 Å². The van der Waals surface area contributed by atoms with Crippen LogP contribution in [-0.2, 0) is 4.74 Å². The van der Waals surface area contributed by atoms with Crippen molar-refractivity contribution >= 4 is 23.2 Å². The van der Waals surface area contributed by atoms with Crippen molar-refractivity contribution in [3.05, 3.63) is 64.6 Å². The van der Waals surface area contributed by atoms with Gasteiger partial charge in [-0.1, -0.05) is 28.9 Å². The lowest BCUT2D eigenvalue weighted by atomic mass is 9.94. The molecular weight excluding hydrogens is 448 g/mol. The predicted octanol–water partition coefficient (Wildman–Crippen LogP) is 4.26. The summed E-state index contributed by atoms with van der Waals surface area (Å²) in [4.78, 5) is 19.1. The van der Waals surface area contributed by atoms with E-state index in [1.807, 2.05) is 37.3 Å². The first-order valence-corrected chi connectivity index (χ1v) is 10.7. The Balaban J connectivity index is 1.56. The molecule has 9 nitrogen and oxygen atoms in total. The maximum Gasteiger partial charge on any atom is 0.322 e. The Hall–Kier alpha value is -3.56. The molecule has 0 saturated carbocycles. The SMILES string of the molecule is COCCN1C(=O)NC(c2ccc(Cl)cc2)C(c2nc(-c3ccc4c(c3)OCO4)no2)=C1C. The van der Waals surface area contributed by atoms with E-state index in [0.717, 1.165) is 11.1 Å². The van der Waals surface area contributed by atoms with Gasteiger partial charge in [-0.25, -0.2) is 4.79 Å². The zero-order valence-corrected chi connectivity index (χ0v) is 18.8. The number of benzene rings is 2. The van der Waals surface area contributed by atoms with E-state index >= 15 is 0 Å². The van der Waals surface area contributed by atoms with Gasteiger partial charge in [0, 0.05) is 23.4 Å². The largest absolute Gasteiger partial charge is 0.454 e. The first kappa shape index (κ1) is 21.3. The second-order valence-corrected chi connectivity index (χ2v) is 8.01. The topological polar surface area (TPSA) is 99.0 Å². The number of nitrogens with zero attached hydrogens (tertiary/aromatic N) is 3. The van der Waals surface area contributed by atoms with Gasteiger partial charge in [-0.3, -0.25) is 4.90 Å². The lowest BCUT2D eigenvalue weighted by Crippen LogP contribution is -2.47. The van der Waals surface area contributed by atoms with Gasteiger partial charge in [0.25, 0.3) is 5.89 Å². The second-order valence-electron chi connectivity index (χ2n) is 7.57. The van der Waals surface area contributed by atoms with Crippen LogP contribution in [-0.4, -0.2) is 48.1 Å². The molecule has 5 rings (SSSR count). The normalized spacial score (nSPS) is 17.5. The highest BCUT2D eigenvalue weighted by Gasteiger charge is 2.35. The predicted molar refractivity (Wildman–Crippen MR) is 120 cm³/mol. The maximum atomic E-state index is 12.9. The smallest absolute Gasteiger partial charge is 0.322 e. The average Bonchev–Trinajstić information content (AvgIpc) is 3.48. The molecule has 1 aromatic heterocycles. The van der Waals surface area contributed by atoms with Crippen molar-refractivity contribution in [1.29, 1.82) is 0 Å². The minimum atomic E-state index is -0.487. The number of fused-ring (bicyclic) bond motifs is 1. The van der Waals surface area contributed by atoms with E-state index in [2.05, 4.69) is 15.5 Å². The van der Waals surface area contributed by atoms with Crippen LogP contribution >= 0.6 is 11.6 Å². The number of aromatic nitrogens is 2. The average molecular weight is 469 g/mol. The molecule has 170 valence electrons. The molecule has 2 aromatic carbocycles. The molecule has 0 fully saturated rings. The Labute approximate surface area is 194 Å². The van der Waals surface area contributed by atoms with Gasteiger partial charge in [0.1, 0.15) is 0 Å². The van der Waals surface area contributed by atoms with Crippen LogP contribution in [0.5, 0.6) is 11.5 Å². The van der Waals surface area contributed by atoms with Gasteiger partial charge < -0.3 is 24.1 Å². The molecule has 3 heterocycles. The highest BCUT2D eigenvalue weighted by molar-refractivity contribution is 6.30. The Morgan fingerprint density at radius 3 is 2.76 bits per heavy atom. The number of hydrogen-bond donors (Lipinski definition) is 1. The fourth-order valence-corrected chi connectivity index (χ4v) is 4.03. The summed E-state index contributed by atoms with van der Waals surface area (Å²) in [6.45, 7) is 2.81. The van der Waals surface area contributed by atoms with Crippen LogP contribution in [0.2, 0.25) is 5.02 Å². The number of amides is 2. The van der Waals surface area contributed by atoms with Crippen molar-refractivity contribution in [1.82, 2.24) is 20.4 Å². The van der Waals surface area contributed by atoms with Crippen molar-refractivity contribution < 1.29 is 23.5 Å². The molecule has 1 unspecified atom stereocenters. The van der Waals surface area contributed by atoms with E-state index in [4.69, 9.17) is 30.3 Å². The number of carbonyl (C=O) groups excluding carboxylic acids is 1. The Kier molecular flexibility index (Phi) is 5.65. The van der Waals surface area contributed by atoms with E-state index in [0.29, 0.717) is 52.7 Å². The standard InChI is InChI=1S/C23H21ClN4O5/c1-13-19(22-26-21(27-33-22)15-5-8-17-18(11-15)32-12-31-17)20(14-3-6-16(24)7-4-14)25-23(29)28(13)9-10-30-2/h3-8,11,20H,9-10,12H2,1-2H3,(H,25,29). The molecular formula is C23H21ClN4O5. The summed E-state index contributed by atoms with van der Waals surface area (Å²) < 4.78 is 21.7. The van der Waals surface area contributed by atoms with Crippen molar-refractivity contribution in [3.8, 4) is 22.9 Å². The van der Waals surface area contributed by atoms with E-state index < -0.39 is 6.04 Å². The lowest BCUT2D eigenvalue weighted by Gasteiger charge is -2.35. The molecule has 10 heteroatoms. The molecule has 1 N–H and O–H groups in total. The molecule has 2 amide bonds. The summed E-state index contributed by atoms with van der Waals surface area (Å²) >= 11 is 6.07. The number of urea groups is 1. The van der Waals surface area contributed by atoms with Crippen molar-refractivity contribution in [2.75, 3.05) is 27.1 Å². The van der Waals surface area contributed by atoms with E-state index in [9.17, 15) is 4.79 Å². The number of allylic oxidation sites excluding steroid dienone is 1. The summed E-state index contributed by atoms with van der Waals surface area (Å²) in [5.41, 5.74) is 2.98. The number of ether oxygens (including phenoxy) is 3. The third-order valence-electron chi connectivity index (χ3n) is 5.61. The second kappa shape index (κ2) is 8.76. The molecule has 0 aliphatic carbocycles. The summed E-state index contributed by atoms with van der Waals surface area (Å²) in [6.07, 6.45) is 0. The first-order valence-electron chi connectivity index (χ1n) is 10.3. The summed E-state index contributed by atoms with van der Waals surface area (Å²) in [6, 6.07) is 12.0. The van der Waals surface area contributed by atoms with Gasteiger partial charge >= 0.3 is 6.03 Å². The van der Waals surface area contributed by atoms with E-state index in [1.165, 1.54) is 0 Å². The van der Waals surface area contributed by atoms with Gasteiger partial charge in [0.2, 0.25) is 12.6 Å². The molecule has 1 atom stereocenters. The minimum absolute atomic E-state index is 0.183. The number of carbonyl (C=O) groups is 1. The Bertz CT molecular complexity index is 1220. The van der Waals surface area contributed by atoms with E-state index in [1.54, 1.807) is 24.1 Å². The number of rotatable bonds is 6. The minimum Gasteiger partial charge on any atom is -0.454 e. The summed E-state index contributed by atoms with van der Waals surface area (Å²) in [5.74, 6) is 2.01. The fourth-order valence-electron chi connectivity index (χ4n) is 3.90. The molecule has 3 aromatic rings. The fraction of sp³-hybridized carbons (Fsp3) is 0.261. The van der Waals surface area contributed by atoms with Crippen LogP contribution in [0.15, 0.2) is 52.7 Å². The molecule has 2 aliphatic rings. The van der Waals surface area contributed by atoms with Crippen LogP contribution in [0.1, 0.15) is 24.4 Å². The zero-order chi connectivity index (χ0) is 22.9. The summed E-state index contributed by atoms with van der Waals surface area (Å²) in [7, 11) is 1.59. The van der Waals surface area contributed by atoms with Crippen molar-refractivity contribution in [3.63, 3.8) is 0 Å². The van der Waals surface area contributed by atoms with Crippen LogP contribution in [0.4, 0.5) is 4.79 Å². The van der Waals surface area contributed by atoms with Crippen LogP contribution in [0, 0.1) is 0 Å². The molecule has 33 heavy (non-hydrogen) atoms. The molecule has 0 radical (unpaired) electrons. The molecule has 0 bridgehead atoms. The monoisotopic (exact) mass is 468 g/mol. The number of halogens is 1. The highest BCUT2D eigenvalue weighted by atomic mass is 35.5. The lowest BCUT2D eigenvalue weighted by molar-refractivity contribution is 0.158. The van der Waals surface area contributed by atoms with Gasteiger partial charge in [-0.05, 0) is 42.8 Å². The first-order chi connectivity index (χ1) is 16.0. The number of nitrogens with one attached hydrogen (secondary N) is 1. The van der Waals surface area contributed by atoms with Crippen LogP contribution < -0.4 is 14.8 Å². The maximum absolute atomic E-state index is 12.9. The highest BCUT2D eigenvalue weighted by Crippen LogP contribution is 2.39. The van der Waals surface area contributed by atoms with Gasteiger partial charge in [0.05, 0.1) is 24.8 Å². The number of methoxy groups -OCH3 is 1. The van der Waals surface area contributed by atoms with Gasteiger partial charge in [0.15, 0.2) is 11.5 Å². The summed E-state index contributed by atoms with van der Waals surface area (Å²) in [5, 5.41) is 7.82. The van der Waals surface area contributed by atoms with Gasteiger partial charge in [-0.2, -0.15) is 4.98 Å². The van der Waals surface area contributed by atoms with Crippen molar-refractivity contribution in [2.45, 2.75) is 13.0 Å². The number of hydrogen-bond acceptors (Lipinski definition) is 7.